The Morgan fingerprint density at radius 2 is 2.42 bits per heavy atom. The molecule has 1 aliphatic heterocycles. The van der Waals surface area contributed by atoms with Crippen LogP contribution in [0.1, 0.15) is 12.8 Å². The van der Waals surface area contributed by atoms with Crippen molar-refractivity contribution >= 4 is 18.3 Å². The zero-order valence-corrected chi connectivity index (χ0v) is 7.82. The van der Waals surface area contributed by atoms with Crippen molar-refractivity contribution in [3.63, 3.8) is 0 Å². The predicted molar refractivity (Wildman–Crippen MR) is 50.3 cm³/mol. The second-order valence-electron chi connectivity index (χ2n) is 2.80. The summed E-state index contributed by atoms with van der Waals surface area (Å²) in [7, 11) is 0. The lowest BCUT2D eigenvalue weighted by Crippen LogP contribution is -2.36. The van der Waals surface area contributed by atoms with Gasteiger partial charge in [0.25, 0.3) is 0 Å². The van der Waals surface area contributed by atoms with Crippen molar-refractivity contribution in [3.05, 3.63) is 0 Å². The molecule has 0 bridgehead atoms. The highest BCUT2D eigenvalue weighted by Crippen LogP contribution is 1.96. The van der Waals surface area contributed by atoms with Gasteiger partial charge in [-0.15, -0.1) is 12.4 Å². The minimum atomic E-state index is 0. The lowest BCUT2D eigenvalue weighted by atomic mass is 10.2. The van der Waals surface area contributed by atoms with Crippen molar-refractivity contribution in [1.29, 1.82) is 0 Å². The van der Waals surface area contributed by atoms with E-state index in [4.69, 9.17) is 5.73 Å². The van der Waals surface area contributed by atoms with Gasteiger partial charge in [-0.3, -0.25) is 4.79 Å². The molecule has 1 unspecified atom stereocenters. The summed E-state index contributed by atoms with van der Waals surface area (Å²) in [5.74, 6) is 0.0706. The van der Waals surface area contributed by atoms with Crippen molar-refractivity contribution in [2.45, 2.75) is 18.9 Å². The minimum Gasteiger partial charge on any atom is -0.352 e. The highest BCUT2D eigenvalue weighted by molar-refractivity contribution is 5.85. The first-order chi connectivity index (χ1) is 5.33. The average Bonchev–Trinajstić information content (AvgIpc) is 2.40. The van der Waals surface area contributed by atoms with E-state index in [1.54, 1.807) is 0 Å². The molecule has 1 heterocycles. The van der Waals surface area contributed by atoms with Gasteiger partial charge in [-0.25, -0.2) is 0 Å². The third-order valence-corrected chi connectivity index (χ3v) is 1.80. The molecule has 1 rings (SSSR count). The van der Waals surface area contributed by atoms with Gasteiger partial charge in [0, 0.05) is 25.6 Å². The molecule has 0 spiro atoms. The Morgan fingerprint density at radius 1 is 1.67 bits per heavy atom. The average molecular weight is 194 g/mol. The first-order valence-electron chi connectivity index (χ1n) is 4.03. The van der Waals surface area contributed by atoms with Crippen LogP contribution in [-0.4, -0.2) is 31.6 Å². The molecular weight excluding hydrogens is 178 g/mol. The van der Waals surface area contributed by atoms with Crippen molar-refractivity contribution < 1.29 is 4.79 Å². The molecule has 4 nitrogen and oxygen atoms in total. The van der Waals surface area contributed by atoms with Crippen LogP contribution in [0.4, 0.5) is 0 Å². The Morgan fingerprint density at radius 3 is 2.92 bits per heavy atom. The molecule has 0 aromatic carbocycles. The molecule has 1 atom stereocenters. The van der Waals surface area contributed by atoms with E-state index in [1.807, 2.05) is 0 Å². The molecule has 1 saturated heterocycles. The van der Waals surface area contributed by atoms with E-state index in [-0.39, 0.29) is 18.3 Å². The molecule has 0 aromatic heterocycles. The van der Waals surface area contributed by atoms with Gasteiger partial charge in [-0.1, -0.05) is 0 Å². The monoisotopic (exact) mass is 193 g/mol. The Bertz CT molecular complexity index is 137. The number of rotatable bonds is 3. The number of halogens is 1. The highest BCUT2D eigenvalue weighted by atomic mass is 35.5. The number of hydrogen-bond acceptors (Lipinski definition) is 3. The van der Waals surface area contributed by atoms with Crippen molar-refractivity contribution in [1.82, 2.24) is 10.6 Å². The Hall–Kier alpha value is -0.320. The molecule has 1 fully saturated rings. The molecule has 0 aliphatic carbocycles. The fraction of sp³-hybridized carbons (Fsp3) is 0.857. The van der Waals surface area contributed by atoms with Crippen LogP contribution >= 0.6 is 12.4 Å². The van der Waals surface area contributed by atoms with E-state index < -0.39 is 0 Å². The summed E-state index contributed by atoms with van der Waals surface area (Å²) in [4.78, 5) is 11.0. The molecule has 1 amide bonds. The summed E-state index contributed by atoms with van der Waals surface area (Å²) in [5.41, 5.74) is 5.23. The van der Waals surface area contributed by atoms with Gasteiger partial charge in [-0.2, -0.15) is 0 Å². The third-order valence-electron chi connectivity index (χ3n) is 1.80. The summed E-state index contributed by atoms with van der Waals surface area (Å²) in [6, 6.07) is 0.328. The van der Waals surface area contributed by atoms with Crippen LogP contribution in [0.15, 0.2) is 0 Å². The number of nitrogens with one attached hydrogen (secondary N) is 2. The van der Waals surface area contributed by atoms with E-state index in [2.05, 4.69) is 10.6 Å². The van der Waals surface area contributed by atoms with Gasteiger partial charge in [0.15, 0.2) is 0 Å². The maximum Gasteiger partial charge on any atom is 0.221 e. The van der Waals surface area contributed by atoms with Gasteiger partial charge >= 0.3 is 0 Å². The molecule has 0 aromatic rings. The van der Waals surface area contributed by atoms with Crippen molar-refractivity contribution in [2.75, 3.05) is 19.6 Å². The van der Waals surface area contributed by atoms with E-state index in [0.717, 1.165) is 19.5 Å². The Kier molecular flexibility index (Phi) is 6.06. The van der Waals surface area contributed by atoms with Crippen LogP contribution in [0.5, 0.6) is 0 Å². The largest absolute Gasteiger partial charge is 0.352 e. The van der Waals surface area contributed by atoms with Crippen LogP contribution in [0, 0.1) is 0 Å². The van der Waals surface area contributed by atoms with Gasteiger partial charge in [0.2, 0.25) is 5.91 Å². The fourth-order valence-electron chi connectivity index (χ4n) is 1.21. The van der Waals surface area contributed by atoms with Gasteiger partial charge in [0.1, 0.15) is 0 Å². The van der Waals surface area contributed by atoms with E-state index in [9.17, 15) is 4.79 Å². The van der Waals surface area contributed by atoms with Crippen LogP contribution in [0.3, 0.4) is 0 Å². The second-order valence-corrected chi connectivity index (χ2v) is 2.80. The zero-order valence-electron chi connectivity index (χ0n) is 7.01. The molecule has 1 aliphatic rings. The van der Waals surface area contributed by atoms with Gasteiger partial charge in [-0.05, 0) is 13.0 Å². The molecule has 5 heteroatoms. The van der Waals surface area contributed by atoms with Crippen LogP contribution in [0.2, 0.25) is 0 Å². The molecule has 4 N–H and O–H groups in total. The molecule has 12 heavy (non-hydrogen) atoms. The topological polar surface area (TPSA) is 67.2 Å². The first kappa shape index (κ1) is 11.7. The smallest absolute Gasteiger partial charge is 0.221 e. The quantitative estimate of drug-likeness (QED) is 0.552. The maximum absolute atomic E-state index is 11.0. The summed E-state index contributed by atoms with van der Waals surface area (Å²) < 4.78 is 0. The summed E-state index contributed by atoms with van der Waals surface area (Å²) in [6.45, 7) is 2.34. The second kappa shape index (κ2) is 6.22. The molecule has 0 saturated carbocycles. The number of amides is 1. The number of nitrogens with two attached hydrogens (primary N) is 1. The van der Waals surface area contributed by atoms with Crippen molar-refractivity contribution in [3.8, 4) is 0 Å². The van der Waals surface area contributed by atoms with Crippen molar-refractivity contribution in [2.24, 2.45) is 5.73 Å². The zero-order chi connectivity index (χ0) is 8.10. The highest BCUT2D eigenvalue weighted by Gasteiger charge is 2.15. The molecule has 72 valence electrons. The number of carbonyl (C=O) groups excluding carboxylic acids is 1. The summed E-state index contributed by atoms with van der Waals surface area (Å²) in [6.07, 6.45) is 1.48. The lowest BCUT2D eigenvalue weighted by molar-refractivity contribution is -0.121. The van der Waals surface area contributed by atoms with Crippen LogP contribution in [-0.2, 0) is 4.79 Å². The Balaban J connectivity index is 0.00000121. The Labute approximate surface area is 78.7 Å². The fourth-order valence-corrected chi connectivity index (χ4v) is 1.21. The van der Waals surface area contributed by atoms with E-state index in [0.29, 0.717) is 19.0 Å². The van der Waals surface area contributed by atoms with Crippen LogP contribution in [0.25, 0.3) is 0 Å². The summed E-state index contributed by atoms with van der Waals surface area (Å²) in [5, 5.41) is 6.07. The number of hydrogen-bond donors (Lipinski definition) is 3. The lowest BCUT2D eigenvalue weighted by Gasteiger charge is -2.09. The van der Waals surface area contributed by atoms with Crippen LogP contribution < -0.4 is 16.4 Å². The number of carbonyl (C=O) groups is 1. The van der Waals surface area contributed by atoms with E-state index in [1.165, 1.54) is 0 Å². The maximum atomic E-state index is 11.0. The van der Waals surface area contributed by atoms with Gasteiger partial charge < -0.3 is 16.4 Å². The molecule has 0 radical (unpaired) electrons. The predicted octanol–water partition coefficient (Wildman–Crippen LogP) is -0.765. The minimum absolute atomic E-state index is 0. The van der Waals surface area contributed by atoms with E-state index >= 15 is 0 Å². The van der Waals surface area contributed by atoms with Gasteiger partial charge in [0.05, 0.1) is 0 Å². The SMILES string of the molecule is Cl.NCCC(=O)NC1CCNC1. The third kappa shape index (κ3) is 3.90. The summed E-state index contributed by atoms with van der Waals surface area (Å²) >= 11 is 0. The molecular formula is C7H16ClN3O. The first-order valence-corrected chi connectivity index (χ1v) is 4.03. The normalized spacial score (nSPS) is 21.6. The standard InChI is InChI=1S/C7H15N3O.ClH/c8-3-1-7(11)10-6-2-4-9-5-6;/h6,9H,1-5,8H2,(H,10,11);1H.